The van der Waals surface area contributed by atoms with Gasteiger partial charge in [0.15, 0.2) is 5.16 Å². The van der Waals surface area contributed by atoms with Gasteiger partial charge in [0.25, 0.3) is 0 Å². The second-order valence-electron chi connectivity index (χ2n) is 3.90. The van der Waals surface area contributed by atoms with Crippen LogP contribution in [0.4, 0.5) is 11.6 Å². The molecule has 0 aliphatic heterocycles. The van der Waals surface area contributed by atoms with Crippen LogP contribution >= 0.6 is 23.4 Å². The van der Waals surface area contributed by atoms with Crippen LogP contribution in [0, 0.1) is 0 Å². The molecule has 1 heterocycles. The predicted octanol–water partition coefficient (Wildman–Crippen LogP) is 2.17. The van der Waals surface area contributed by atoms with Crippen molar-refractivity contribution < 1.29 is 0 Å². The molecule has 19 heavy (non-hydrogen) atoms. The quantitative estimate of drug-likeness (QED) is 0.749. The Morgan fingerprint density at radius 1 is 1.21 bits per heavy atom. The van der Waals surface area contributed by atoms with Crippen molar-refractivity contribution >= 4 is 35.0 Å². The van der Waals surface area contributed by atoms with Crippen molar-refractivity contribution in [3.05, 3.63) is 34.9 Å². The number of hydrogen-bond donors (Lipinski definition) is 3. The van der Waals surface area contributed by atoms with Gasteiger partial charge in [-0.25, -0.2) is 9.97 Å². The Morgan fingerprint density at radius 3 is 2.47 bits per heavy atom. The molecule has 0 bridgehead atoms. The fourth-order valence-corrected chi connectivity index (χ4v) is 2.66. The maximum absolute atomic E-state index is 6.23. The van der Waals surface area contributed by atoms with E-state index in [-0.39, 0.29) is 0 Å². The van der Waals surface area contributed by atoms with Gasteiger partial charge in [-0.05, 0) is 36.5 Å². The van der Waals surface area contributed by atoms with Crippen molar-refractivity contribution in [2.75, 3.05) is 18.5 Å². The summed E-state index contributed by atoms with van der Waals surface area (Å²) >= 11 is 7.56. The molecule has 0 atom stereocenters. The van der Waals surface area contributed by atoms with Gasteiger partial charge < -0.3 is 16.8 Å². The van der Waals surface area contributed by atoms with E-state index in [1.54, 1.807) is 0 Å². The van der Waals surface area contributed by atoms with Crippen molar-refractivity contribution in [1.29, 1.82) is 0 Å². The lowest BCUT2D eigenvalue weighted by molar-refractivity contribution is 0.817. The fourth-order valence-electron chi connectivity index (χ4n) is 1.55. The van der Waals surface area contributed by atoms with E-state index in [0.717, 1.165) is 17.0 Å². The van der Waals surface area contributed by atoms with Crippen LogP contribution in [0.2, 0.25) is 5.02 Å². The summed E-state index contributed by atoms with van der Waals surface area (Å²) in [5.74, 6) is 0.691. The van der Waals surface area contributed by atoms with E-state index in [2.05, 4.69) is 15.3 Å². The van der Waals surface area contributed by atoms with Gasteiger partial charge in [-0.3, -0.25) is 0 Å². The Labute approximate surface area is 120 Å². The highest BCUT2D eigenvalue weighted by molar-refractivity contribution is 7.99. The number of nitrogen functional groups attached to an aromatic ring is 2. The highest BCUT2D eigenvalue weighted by atomic mass is 35.5. The Bertz CT molecular complexity index is 570. The summed E-state index contributed by atoms with van der Waals surface area (Å²) in [6.45, 7) is 0.770. The molecule has 1 aromatic carbocycles. The molecule has 5 nitrogen and oxygen atoms in total. The van der Waals surface area contributed by atoms with E-state index >= 15 is 0 Å². The fraction of sp³-hybridized carbons (Fsp3) is 0.167. The summed E-state index contributed by atoms with van der Waals surface area (Å²) in [5, 5.41) is 4.21. The smallest absolute Gasteiger partial charge is 0.196 e. The van der Waals surface area contributed by atoms with Crippen LogP contribution in [-0.4, -0.2) is 17.0 Å². The van der Waals surface area contributed by atoms with Crippen LogP contribution in [0.3, 0.4) is 0 Å². The molecule has 2 rings (SSSR count). The van der Waals surface area contributed by atoms with Gasteiger partial charge in [-0.2, -0.15) is 0 Å². The second-order valence-corrected chi connectivity index (χ2v) is 5.31. The maximum atomic E-state index is 6.23. The van der Waals surface area contributed by atoms with Gasteiger partial charge in [-0.15, -0.1) is 0 Å². The monoisotopic (exact) mass is 295 g/mol. The molecule has 7 heteroatoms. The Balaban J connectivity index is 2.23. The second kappa shape index (κ2) is 6.10. The standard InChI is InChI=1S/C12H14ClN5S/c1-16-6-7-2-3-9(8(13)4-7)19-12-17-10(14)5-11(15)18-12/h2-5,16H,6H2,1H3,(H4,14,15,17,18). The topological polar surface area (TPSA) is 89.8 Å². The molecule has 0 saturated carbocycles. The first-order valence-electron chi connectivity index (χ1n) is 5.59. The number of nitrogens with one attached hydrogen (secondary N) is 1. The summed E-state index contributed by atoms with van der Waals surface area (Å²) in [7, 11) is 1.89. The van der Waals surface area contributed by atoms with Crippen LogP contribution in [-0.2, 0) is 6.54 Å². The minimum Gasteiger partial charge on any atom is -0.383 e. The summed E-state index contributed by atoms with van der Waals surface area (Å²) in [6, 6.07) is 7.36. The molecule has 0 aliphatic carbocycles. The van der Waals surface area contributed by atoms with E-state index < -0.39 is 0 Å². The molecule has 1 aromatic heterocycles. The van der Waals surface area contributed by atoms with Crippen LogP contribution in [0.15, 0.2) is 34.3 Å². The number of aromatic nitrogens is 2. The molecule has 0 saturated heterocycles. The minimum absolute atomic E-state index is 0.345. The summed E-state index contributed by atoms with van der Waals surface area (Å²) < 4.78 is 0. The highest BCUT2D eigenvalue weighted by Crippen LogP contribution is 2.32. The molecule has 100 valence electrons. The van der Waals surface area contributed by atoms with Crippen LogP contribution in [0.1, 0.15) is 5.56 Å². The number of nitrogens with zero attached hydrogens (tertiary/aromatic N) is 2. The first-order valence-corrected chi connectivity index (χ1v) is 6.79. The van der Waals surface area contributed by atoms with Crippen molar-refractivity contribution in [3.8, 4) is 0 Å². The Morgan fingerprint density at radius 2 is 1.89 bits per heavy atom. The largest absolute Gasteiger partial charge is 0.383 e. The molecule has 0 fully saturated rings. The lowest BCUT2D eigenvalue weighted by Gasteiger charge is -2.07. The normalized spacial score (nSPS) is 10.6. The lowest BCUT2D eigenvalue weighted by atomic mass is 10.2. The SMILES string of the molecule is CNCc1ccc(Sc2nc(N)cc(N)n2)c(Cl)c1. The highest BCUT2D eigenvalue weighted by Gasteiger charge is 2.07. The van der Waals surface area contributed by atoms with Gasteiger partial charge in [0.05, 0.1) is 5.02 Å². The van der Waals surface area contributed by atoms with Gasteiger partial charge in [0.2, 0.25) is 0 Å². The van der Waals surface area contributed by atoms with E-state index in [1.165, 1.54) is 17.8 Å². The van der Waals surface area contributed by atoms with E-state index in [9.17, 15) is 0 Å². The molecule has 0 radical (unpaired) electrons. The number of halogens is 1. The summed E-state index contributed by atoms with van der Waals surface area (Å²) in [4.78, 5) is 9.08. The predicted molar refractivity (Wildman–Crippen MR) is 79.2 cm³/mol. The third-order valence-corrected chi connectivity index (χ3v) is 3.69. The van der Waals surface area contributed by atoms with Gasteiger partial charge in [-0.1, -0.05) is 17.7 Å². The number of nitrogens with two attached hydrogens (primary N) is 2. The summed E-state index contributed by atoms with van der Waals surface area (Å²) in [6.07, 6.45) is 0. The Hall–Kier alpha value is -1.50. The molecular weight excluding hydrogens is 282 g/mol. The molecule has 5 N–H and O–H groups in total. The summed E-state index contributed by atoms with van der Waals surface area (Å²) in [5.41, 5.74) is 12.4. The van der Waals surface area contributed by atoms with Crippen molar-refractivity contribution in [1.82, 2.24) is 15.3 Å². The average Bonchev–Trinajstić information content (AvgIpc) is 2.32. The number of anilines is 2. The molecule has 0 amide bonds. The molecule has 2 aromatic rings. The number of rotatable bonds is 4. The van der Waals surface area contributed by atoms with Crippen LogP contribution in [0.25, 0.3) is 0 Å². The first-order chi connectivity index (χ1) is 9.08. The van der Waals surface area contributed by atoms with E-state index in [0.29, 0.717) is 21.8 Å². The maximum Gasteiger partial charge on any atom is 0.196 e. The van der Waals surface area contributed by atoms with Crippen LogP contribution in [0.5, 0.6) is 0 Å². The average molecular weight is 296 g/mol. The first kappa shape index (κ1) is 13.9. The van der Waals surface area contributed by atoms with Gasteiger partial charge >= 0.3 is 0 Å². The van der Waals surface area contributed by atoms with Gasteiger partial charge in [0.1, 0.15) is 11.6 Å². The third kappa shape index (κ3) is 3.73. The molecule has 0 spiro atoms. The number of benzene rings is 1. The lowest BCUT2D eigenvalue weighted by Crippen LogP contribution is -2.04. The zero-order chi connectivity index (χ0) is 13.8. The zero-order valence-corrected chi connectivity index (χ0v) is 11.9. The van der Waals surface area contributed by atoms with Crippen LogP contribution < -0.4 is 16.8 Å². The Kier molecular flexibility index (Phi) is 4.47. The third-order valence-electron chi connectivity index (χ3n) is 2.32. The van der Waals surface area contributed by atoms with E-state index in [1.807, 2.05) is 25.2 Å². The van der Waals surface area contributed by atoms with Crippen molar-refractivity contribution in [3.63, 3.8) is 0 Å². The molecule has 0 aliphatic rings. The zero-order valence-electron chi connectivity index (χ0n) is 10.4. The van der Waals surface area contributed by atoms with Gasteiger partial charge in [0, 0.05) is 17.5 Å². The van der Waals surface area contributed by atoms with E-state index in [4.69, 9.17) is 23.1 Å². The number of hydrogen-bond acceptors (Lipinski definition) is 6. The molecule has 0 unspecified atom stereocenters. The molecular formula is C12H14ClN5S. The van der Waals surface area contributed by atoms with Crippen molar-refractivity contribution in [2.24, 2.45) is 0 Å². The minimum atomic E-state index is 0.345. The van der Waals surface area contributed by atoms with Crippen molar-refractivity contribution in [2.45, 2.75) is 16.6 Å².